The fraction of sp³-hybridized carbons (Fsp3) is 0.0714. The van der Waals surface area contributed by atoms with Gasteiger partial charge in [0.25, 0.3) is 5.56 Å². The Balaban J connectivity index is 2.96. The Labute approximate surface area is 123 Å². The first kappa shape index (κ1) is 15.0. The van der Waals surface area contributed by atoms with E-state index < -0.39 is 28.3 Å². The maximum Gasteiger partial charge on any atom is 0.268 e. The fourth-order valence-corrected chi connectivity index (χ4v) is 2.00. The molecular formula is C14H8F2N4O2. The van der Waals surface area contributed by atoms with Gasteiger partial charge in [-0.15, -0.1) is 0 Å². The van der Waals surface area contributed by atoms with Crippen LogP contribution in [0.25, 0.3) is 11.1 Å². The molecule has 1 aromatic carbocycles. The number of nitrogens with two attached hydrogens (primary N) is 1. The molecule has 0 aliphatic rings. The van der Waals surface area contributed by atoms with Crippen molar-refractivity contribution in [2.24, 2.45) is 0 Å². The van der Waals surface area contributed by atoms with Crippen LogP contribution in [0.5, 0.6) is 5.75 Å². The van der Waals surface area contributed by atoms with Gasteiger partial charge < -0.3 is 15.5 Å². The summed E-state index contributed by atoms with van der Waals surface area (Å²) in [5.41, 5.74) is 2.98. The van der Waals surface area contributed by atoms with Crippen molar-refractivity contribution in [2.75, 3.05) is 12.8 Å². The number of nitrogens with zero attached hydrogens (tertiary/aromatic N) is 2. The van der Waals surface area contributed by atoms with Crippen LogP contribution in [0.1, 0.15) is 11.1 Å². The van der Waals surface area contributed by atoms with Crippen LogP contribution in [-0.4, -0.2) is 12.1 Å². The van der Waals surface area contributed by atoms with Crippen molar-refractivity contribution in [1.29, 1.82) is 10.5 Å². The third-order valence-electron chi connectivity index (χ3n) is 3.00. The van der Waals surface area contributed by atoms with Gasteiger partial charge >= 0.3 is 0 Å². The normalized spacial score (nSPS) is 9.86. The number of methoxy groups -OCH3 is 1. The van der Waals surface area contributed by atoms with E-state index in [4.69, 9.17) is 16.3 Å². The van der Waals surface area contributed by atoms with Crippen molar-refractivity contribution in [3.63, 3.8) is 0 Å². The maximum atomic E-state index is 14.2. The summed E-state index contributed by atoms with van der Waals surface area (Å²) in [6.45, 7) is 0. The zero-order valence-corrected chi connectivity index (χ0v) is 11.2. The number of anilines is 1. The van der Waals surface area contributed by atoms with Crippen molar-refractivity contribution in [3.05, 3.63) is 45.2 Å². The molecule has 0 saturated heterocycles. The number of halogens is 2. The van der Waals surface area contributed by atoms with Gasteiger partial charge in [-0.25, -0.2) is 4.39 Å². The van der Waals surface area contributed by atoms with Crippen LogP contribution in [0.2, 0.25) is 0 Å². The van der Waals surface area contributed by atoms with E-state index in [9.17, 15) is 13.6 Å². The first-order valence-corrected chi connectivity index (χ1v) is 5.84. The van der Waals surface area contributed by atoms with Crippen LogP contribution < -0.4 is 16.0 Å². The van der Waals surface area contributed by atoms with Crippen molar-refractivity contribution >= 4 is 5.82 Å². The molecule has 0 spiro atoms. The second-order valence-corrected chi connectivity index (χ2v) is 4.16. The van der Waals surface area contributed by atoms with Gasteiger partial charge in [-0.3, -0.25) is 4.79 Å². The van der Waals surface area contributed by atoms with Crippen molar-refractivity contribution in [3.8, 4) is 29.0 Å². The largest absolute Gasteiger partial charge is 0.494 e. The molecule has 2 rings (SSSR count). The number of H-pyrrole nitrogens is 1. The molecule has 0 saturated carbocycles. The number of ether oxygens (including phenoxy) is 1. The van der Waals surface area contributed by atoms with Crippen LogP contribution in [0.3, 0.4) is 0 Å². The molecule has 1 aromatic heterocycles. The number of nitrogen functional groups attached to an aromatic ring is 1. The monoisotopic (exact) mass is 302 g/mol. The third-order valence-corrected chi connectivity index (χ3v) is 3.00. The highest BCUT2D eigenvalue weighted by atomic mass is 19.2. The van der Waals surface area contributed by atoms with E-state index >= 15 is 0 Å². The standard InChI is InChI=1S/C14H8F2N4O2/c1-22-9-3-2-6(11(15)12(9)16)10-7(4-17)13(19)20-14(21)8(10)5-18/h2-3H,1H3,(H3,19,20,21). The van der Waals surface area contributed by atoms with Gasteiger partial charge in [0.2, 0.25) is 5.82 Å². The van der Waals surface area contributed by atoms with Crippen molar-refractivity contribution in [1.82, 2.24) is 4.98 Å². The SMILES string of the molecule is COc1ccc(-c2c(C#N)c(N)[nH]c(=O)c2C#N)c(F)c1F. The zero-order chi connectivity index (χ0) is 16.4. The van der Waals surface area contributed by atoms with E-state index in [0.717, 1.165) is 19.2 Å². The maximum absolute atomic E-state index is 14.2. The van der Waals surface area contributed by atoms with E-state index in [1.165, 1.54) is 0 Å². The lowest BCUT2D eigenvalue weighted by molar-refractivity contribution is 0.372. The minimum absolute atomic E-state index is 0.320. The van der Waals surface area contributed by atoms with Gasteiger partial charge in [0.05, 0.1) is 7.11 Å². The second kappa shape index (κ2) is 5.54. The first-order valence-electron chi connectivity index (χ1n) is 5.84. The number of benzene rings is 1. The lowest BCUT2D eigenvalue weighted by Crippen LogP contribution is -2.16. The summed E-state index contributed by atoms with van der Waals surface area (Å²) in [5, 5.41) is 18.2. The van der Waals surface area contributed by atoms with Gasteiger partial charge in [-0.05, 0) is 12.1 Å². The summed E-state index contributed by atoms with van der Waals surface area (Å²) in [5.74, 6) is -3.34. The Kier molecular flexibility index (Phi) is 3.78. The van der Waals surface area contributed by atoms with E-state index in [1.54, 1.807) is 12.1 Å². The number of nitriles is 2. The van der Waals surface area contributed by atoms with Crippen LogP contribution in [0.4, 0.5) is 14.6 Å². The summed E-state index contributed by atoms with van der Waals surface area (Å²) >= 11 is 0. The molecule has 0 aliphatic carbocycles. The zero-order valence-electron chi connectivity index (χ0n) is 11.2. The molecule has 22 heavy (non-hydrogen) atoms. The van der Waals surface area contributed by atoms with Crippen molar-refractivity contribution < 1.29 is 13.5 Å². The van der Waals surface area contributed by atoms with E-state index in [-0.39, 0.29) is 22.7 Å². The molecule has 0 fully saturated rings. The molecule has 1 heterocycles. The highest BCUT2D eigenvalue weighted by Gasteiger charge is 2.23. The van der Waals surface area contributed by atoms with Crippen molar-refractivity contribution in [2.45, 2.75) is 0 Å². The van der Waals surface area contributed by atoms with Crippen LogP contribution in [0, 0.1) is 34.3 Å². The van der Waals surface area contributed by atoms with Gasteiger partial charge in [-0.1, -0.05) is 0 Å². The van der Waals surface area contributed by atoms with Gasteiger partial charge in [0.15, 0.2) is 11.6 Å². The highest BCUT2D eigenvalue weighted by molar-refractivity contribution is 5.80. The molecule has 110 valence electrons. The Bertz CT molecular complexity index is 907. The molecule has 6 nitrogen and oxygen atoms in total. The van der Waals surface area contributed by atoms with Crippen LogP contribution in [0.15, 0.2) is 16.9 Å². The molecular weight excluding hydrogens is 294 g/mol. The quantitative estimate of drug-likeness (QED) is 0.875. The molecule has 0 radical (unpaired) electrons. The number of aromatic nitrogens is 1. The minimum atomic E-state index is -1.35. The number of rotatable bonds is 2. The third kappa shape index (κ3) is 2.13. The van der Waals surface area contributed by atoms with E-state index in [2.05, 4.69) is 9.72 Å². The number of nitrogens with one attached hydrogen (secondary N) is 1. The molecule has 0 aliphatic heterocycles. The number of hydrogen-bond donors (Lipinski definition) is 2. The molecule has 0 amide bonds. The lowest BCUT2D eigenvalue weighted by atomic mass is 9.96. The number of aromatic amines is 1. The Hall–Kier alpha value is -3.39. The number of pyridine rings is 1. The fourth-order valence-electron chi connectivity index (χ4n) is 2.00. The molecule has 0 atom stereocenters. The molecule has 0 bridgehead atoms. The van der Waals surface area contributed by atoms with Gasteiger partial charge in [0.1, 0.15) is 29.1 Å². The summed E-state index contributed by atoms with van der Waals surface area (Å²) in [7, 11) is 1.16. The first-order chi connectivity index (χ1) is 10.5. The smallest absolute Gasteiger partial charge is 0.268 e. The Morgan fingerprint density at radius 3 is 2.36 bits per heavy atom. The van der Waals surface area contributed by atoms with Crippen LogP contribution >= 0.6 is 0 Å². The Morgan fingerprint density at radius 1 is 1.18 bits per heavy atom. The summed E-state index contributed by atoms with van der Waals surface area (Å²) in [6, 6.07) is 5.46. The predicted octanol–water partition coefficient (Wildman–Crippen LogP) is 1.65. The average Bonchev–Trinajstić information content (AvgIpc) is 2.49. The lowest BCUT2D eigenvalue weighted by Gasteiger charge is -2.11. The summed E-state index contributed by atoms with van der Waals surface area (Å²) in [4.78, 5) is 13.9. The van der Waals surface area contributed by atoms with Gasteiger partial charge in [0, 0.05) is 11.1 Å². The molecule has 2 aromatic rings. The van der Waals surface area contributed by atoms with E-state index in [1.807, 2.05) is 0 Å². The molecule has 0 unspecified atom stereocenters. The van der Waals surface area contributed by atoms with Gasteiger partial charge in [-0.2, -0.15) is 14.9 Å². The van der Waals surface area contributed by atoms with Crippen LogP contribution in [-0.2, 0) is 0 Å². The summed E-state index contributed by atoms with van der Waals surface area (Å²) < 4.78 is 32.7. The predicted molar refractivity (Wildman–Crippen MR) is 72.8 cm³/mol. The molecule has 8 heteroatoms. The average molecular weight is 302 g/mol. The second-order valence-electron chi connectivity index (χ2n) is 4.16. The highest BCUT2D eigenvalue weighted by Crippen LogP contribution is 2.33. The molecule has 3 N–H and O–H groups in total. The minimum Gasteiger partial charge on any atom is -0.494 e. The van der Waals surface area contributed by atoms with E-state index in [0.29, 0.717) is 0 Å². The number of hydrogen-bond acceptors (Lipinski definition) is 5. The topological polar surface area (TPSA) is 116 Å². The Morgan fingerprint density at radius 2 is 1.82 bits per heavy atom. The summed E-state index contributed by atoms with van der Waals surface area (Å²) in [6.07, 6.45) is 0.